The maximum Gasteiger partial charge on any atom is 0.338 e. The van der Waals surface area contributed by atoms with E-state index >= 15 is 0 Å². The fourth-order valence-corrected chi connectivity index (χ4v) is 3.92. The number of carbonyl (C=O) groups excluding carboxylic acids is 2. The van der Waals surface area contributed by atoms with Crippen molar-refractivity contribution in [1.82, 2.24) is 4.98 Å². The van der Waals surface area contributed by atoms with E-state index in [4.69, 9.17) is 20.8 Å². The number of hydrogen-bond donors (Lipinski definition) is 1. The number of furan rings is 1. The van der Waals surface area contributed by atoms with Crippen molar-refractivity contribution in [2.24, 2.45) is 0 Å². The molecule has 0 bridgehead atoms. The van der Waals surface area contributed by atoms with Crippen molar-refractivity contribution in [1.29, 1.82) is 0 Å². The highest BCUT2D eigenvalue weighted by Crippen LogP contribution is 2.29. The second kappa shape index (κ2) is 8.30. The van der Waals surface area contributed by atoms with Crippen molar-refractivity contribution in [3.05, 3.63) is 70.4 Å². The maximum atomic E-state index is 12.6. The molecule has 6 nitrogen and oxygen atoms in total. The number of benzene rings is 2. The molecule has 8 heteroatoms. The first-order valence-electron chi connectivity index (χ1n) is 9.20. The molecule has 0 aliphatic heterocycles. The maximum absolute atomic E-state index is 12.6. The Hall–Kier alpha value is -3.16. The van der Waals surface area contributed by atoms with Gasteiger partial charge in [-0.25, -0.2) is 9.78 Å². The molecule has 4 rings (SSSR count). The van der Waals surface area contributed by atoms with Gasteiger partial charge in [-0.05, 0) is 55.8 Å². The van der Waals surface area contributed by atoms with Crippen molar-refractivity contribution in [3.8, 4) is 11.3 Å². The van der Waals surface area contributed by atoms with Crippen LogP contribution in [0.2, 0.25) is 5.02 Å². The van der Waals surface area contributed by atoms with Crippen LogP contribution in [0.4, 0.5) is 5.13 Å². The number of ether oxygens (including phenoxy) is 1. The van der Waals surface area contributed by atoms with Gasteiger partial charge in [0.2, 0.25) is 0 Å². The van der Waals surface area contributed by atoms with E-state index in [1.165, 1.54) is 11.3 Å². The Balaban J connectivity index is 1.52. The van der Waals surface area contributed by atoms with Crippen molar-refractivity contribution in [2.75, 3.05) is 11.9 Å². The summed E-state index contributed by atoms with van der Waals surface area (Å²) in [6.07, 6.45) is 0. The number of amides is 1. The molecule has 1 amide bonds. The summed E-state index contributed by atoms with van der Waals surface area (Å²) in [7, 11) is 0. The van der Waals surface area contributed by atoms with E-state index in [-0.39, 0.29) is 5.76 Å². The number of carbonyl (C=O) groups is 2. The van der Waals surface area contributed by atoms with E-state index in [1.807, 2.05) is 19.1 Å². The van der Waals surface area contributed by atoms with Gasteiger partial charge < -0.3 is 9.15 Å². The van der Waals surface area contributed by atoms with Gasteiger partial charge in [0.15, 0.2) is 10.9 Å². The van der Waals surface area contributed by atoms with Crippen LogP contribution < -0.4 is 5.32 Å². The number of anilines is 1. The predicted octanol–water partition coefficient (Wildman–Crippen LogP) is 5.95. The SMILES string of the molecule is CCOC(=O)c1ccc2nc(NC(=O)c3ccc(-c4ccc(C)c(Cl)c4)o3)sc2c1. The van der Waals surface area contributed by atoms with Crippen LogP contribution in [0.5, 0.6) is 0 Å². The average molecular weight is 441 g/mol. The first-order valence-corrected chi connectivity index (χ1v) is 10.4. The molecule has 0 saturated carbocycles. The lowest BCUT2D eigenvalue weighted by atomic mass is 10.1. The van der Waals surface area contributed by atoms with Crippen LogP contribution in [-0.4, -0.2) is 23.5 Å². The number of aromatic nitrogens is 1. The molecule has 0 atom stereocenters. The molecule has 2 aromatic carbocycles. The first kappa shape index (κ1) is 20.1. The Morgan fingerprint density at radius 3 is 2.77 bits per heavy atom. The first-order chi connectivity index (χ1) is 14.4. The number of esters is 1. The zero-order valence-electron chi connectivity index (χ0n) is 16.2. The van der Waals surface area contributed by atoms with Gasteiger partial charge >= 0.3 is 5.97 Å². The number of rotatable bonds is 5. The number of fused-ring (bicyclic) bond motifs is 1. The van der Waals surface area contributed by atoms with Gasteiger partial charge in [0, 0.05) is 10.6 Å². The van der Waals surface area contributed by atoms with Gasteiger partial charge in [0.25, 0.3) is 5.91 Å². The topological polar surface area (TPSA) is 81.4 Å². The minimum Gasteiger partial charge on any atom is -0.462 e. The van der Waals surface area contributed by atoms with Gasteiger partial charge in [-0.3, -0.25) is 10.1 Å². The van der Waals surface area contributed by atoms with Crippen LogP contribution in [0, 0.1) is 6.92 Å². The summed E-state index contributed by atoms with van der Waals surface area (Å²) in [5.74, 6) is -0.0968. The third-order valence-electron chi connectivity index (χ3n) is 4.41. The fraction of sp³-hybridized carbons (Fsp3) is 0.136. The highest BCUT2D eigenvalue weighted by molar-refractivity contribution is 7.22. The van der Waals surface area contributed by atoms with E-state index < -0.39 is 11.9 Å². The Morgan fingerprint density at radius 2 is 2.00 bits per heavy atom. The van der Waals surface area contributed by atoms with Crippen LogP contribution in [0.25, 0.3) is 21.5 Å². The molecule has 152 valence electrons. The number of nitrogens with zero attached hydrogens (tertiary/aromatic N) is 1. The number of nitrogens with one attached hydrogen (secondary N) is 1. The van der Waals surface area contributed by atoms with Gasteiger partial charge in [-0.1, -0.05) is 35.1 Å². The lowest BCUT2D eigenvalue weighted by Gasteiger charge is -2.01. The van der Waals surface area contributed by atoms with Crippen molar-refractivity contribution >= 4 is 50.2 Å². The van der Waals surface area contributed by atoms with Crippen LogP contribution in [0.3, 0.4) is 0 Å². The normalized spacial score (nSPS) is 10.9. The minimum atomic E-state index is -0.413. The Labute approximate surface area is 181 Å². The largest absolute Gasteiger partial charge is 0.462 e. The summed E-state index contributed by atoms with van der Waals surface area (Å²) in [6, 6.07) is 14.0. The van der Waals surface area contributed by atoms with E-state index in [0.717, 1.165) is 15.8 Å². The Morgan fingerprint density at radius 1 is 1.17 bits per heavy atom. The van der Waals surface area contributed by atoms with E-state index in [9.17, 15) is 9.59 Å². The van der Waals surface area contributed by atoms with E-state index in [0.29, 0.717) is 33.6 Å². The number of halogens is 1. The van der Waals surface area contributed by atoms with Crippen LogP contribution in [0.1, 0.15) is 33.4 Å². The van der Waals surface area contributed by atoms with Gasteiger partial charge in [0.05, 0.1) is 22.4 Å². The van der Waals surface area contributed by atoms with E-state index in [2.05, 4.69) is 10.3 Å². The molecule has 0 radical (unpaired) electrons. The molecule has 0 fully saturated rings. The minimum absolute atomic E-state index is 0.160. The van der Waals surface area contributed by atoms with Crippen molar-refractivity contribution in [3.63, 3.8) is 0 Å². The zero-order valence-corrected chi connectivity index (χ0v) is 17.8. The number of hydrogen-bond acceptors (Lipinski definition) is 6. The molecule has 4 aromatic rings. The summed E-state index contributed by atoms with van der Waals surface area (Å²) in [4.78, 5) is 28.9. The molecule has 2 heterocycles. The second-order valence-electron chi connectivity index (χ2n) is 6.50. The lowest BCUT2D eigenvalue weighted by molar-refractivity contribution is 0.0526. The average Bonchev–Trinajstić information content (AvgIpc) is 3.36. The van der Waals surface area contributed by atoms with Crippen LogP contribution in [0.15, 0.2) is 52.9 Å². The molecule has 0 aliphatic carbocycles. The molecule has 30 heavy (non-hydrogen) atoms. The summed E-state index contributed by atoms with van der Waals surface area (Å²) >= 11 is 7.44. The predicted molar refractivity (Wildman–Crippen MR) is 117 cm³/mol. The van der Waals surface area contributed by atoms with Gasteiger partial charge in [-0.2, -0.15) is 0 Å². The Bertz CT molecular complexity index is 1260. The summed E-state index contributed by atoms with van der Waals surface area (Å²) < 4.78 is 11.5. The quantitative estimate of drug-likeness (QED) is 0.388. The second-order valence-corrected chi connectivity index (χ2v) is 7.94. The lowest BCUT2D eigenvalue weighted by Crippen LogP contribution is -2.10. The summed E-state index contributed by atoms with van der Waals surface area (Å²) in [5.41, 5.74) is 2.87. The molecular formula is C22H17ClN2O4S. The van der Waals surface area contributed by atoms with Crippen LogP contribution >= 0.6 is 22.9 Å². The molecule has 0 aliphatic rings. The zero-order chi connectivity index (χ0) is 21.3. The van der Waals surface area contributed by atoms with Crippen molar-refractivity contribution < 1.29 is 18.7 Å². The number of thiazole rings is 1. The summed E-state index contributed by atoms with van der Waals surface area (Å²) in [6.45, 7) is 3.98. The monoisotopic (exact) mass is 440 g/mol. The molecule has 2 aromatic heterocycles. The standard InChI is InChI=1S/C22H17ClN2O4S/c1-3-28-21(27)14-6-7-16-19(11-14)30-22(24-16)25-20(26)18-9-8-17(29-18)13-5-4-12(2)15(23)10-13/h4-11H,3H2,1-2H3,(H,24,25,26). The number of aryl methyl sites for hydroxylation is 1. The Kier molecular flexibility index (Phi) is 5.57. The fourth-order valence-electron chi connectivity index (χ4n) is 2.84. The van der Waals surface area contributed by atoms with Gasteiger partial charge in [0.1, 0.15) is 5.76 Å². The third-order valence-corrected chi connectivity index (χ3v) is 5.75. The third kappa shape index (κ3) is 4.08. The molecule has 0 saturated heterocycles. The highest BCUT2D eigenvalue weighted by atomic mass is 35.5. The summed E-state index contributed by atoms with van der Waals surface area (Å²) in [5, 5.41) is 3.78. The van der Waals surface area contributed by atoms with Crippen LogP contribution in [-0.2, 0) is 4.74 Å². The molecule has 0 unspecified atom stereocenters. The molecular weight excluding hydrogens is 424 g/mol. The highest BCUT2D eigenvalue weighted by Gasteiger charge is 2.16. The molecule has 0 spiro atoms. The van der Waals surface area contributed by atoms with E-state index in [1.54, 1.807) is 43.3 Å². The smallest absolute Gasteiger partial charge is 0.338 e. The molecule has 1 N–H and O–H groups in total. The van der Waals surface area contributed by atoms with Crippen molar-refractivity contribution in [2.45, 2.75) is 13.8 Å². The van der Waals surface area contributed by atoms with Gasteiger partial charge in [-0.15, -0.1) is 0 Å².